The lowest BCUT2D eigenvalue weighted by molar-refractivity contribution is 0.250. The third-order valence-electron chi connectivity index (χ3n) is 4.96. The fourth-order valence-electron chi connectivity index (χ4n) is 3.99. The van der Waals surface area contributed by atoms with Crippen LogP contribution in [0.3, 0.4) is 0 Å². The Morgan fingerprint density at radius 1 is 0.952 bits per heavy atom. The van der Waals surface area contributed by atoms with Crippen LogP contribution in [0.4, 0.5) is 0 Å². The van der Waals surface area contributed by atoms with Crippen LogP contribution in [0.5, 0.6) is 17.2 Å². The van der Waals surface area contributed by atoms with Gasteiger partial charge in [-0.25, -0.2) is 0 Å². The van der Waals surface area contributed by atoms with Crippen molar-refractivity contribution >= 4 is 0 Å². The number of nitrogens with one attached hydrogen (secondary N) is 1. The second-order valence-corrected chi connectivity index (χ2v) is 6.32. The fourth-order valence-corrected chi connectivity index (χ4v) is 3.99. The molecule has 1 aromatic rings. The van der Waals surface area contributed by atoms with Gasteiger partial charge in [0.1, 0.15) is 5.75 Å². The van der Waals surface area contributed by atoms with Crippen molar-refractivity contribution in [1.29, 1.82) is 0 Å². The number of aromatic hydroxyl groups is 1. The lowest BCUT2D eigenvalue weighted by atomic mass is 9.82. The minimum atomic E-state index is 0.340. The molecule has 1 aromatic carbocycles. The maximum atomic E-state index is 10.6. The number of hydrogen-bond acceptors (Lipinski definition) is 4. The summed E-state index contributed by atoms with van der Waals surface area (Å²) in [5, 5.41) is 14.1. The van der Waals surface area contributed by atoms with Crippen LogP contribution in [0.25, 0.3) is 0 Å². The fraction of sp³-hybridized carbons (Fsp3) is 0.647. The van der Waals surface area contributed by atoms with Gasteiger partial charge in [-0.2, -0.15) is 0 Å². The molecule has 0 saturated carbocycles. The minimum absolute atomic E-state index is 0.340. The lowest BCUT2D eigenvalue weighted by Crippen LogP contribution is -2.30. The van der Waals surface area contributed by atoms with E-state index in [1.54, 1.807) is 0 Å². The molecule has 3 aliphatic rings. The highest BCUT2D eigenvalue weighted by molar-refractivity contribution is 5.64. The predicted molar refractivity (Wildman–Crippen MR) is 80.6 cm³/mol. The highest BCUT2D eigenvalue weighted by Gasteiger charge is 2.33. The summed E-state index contributed by atoms with van der Waals surface area (Å²) >= 11 is 0. The zero-order chi connectivity index (χ0) is 14.2. The second-order valence-electron chi connectivity index (χ2n) is 6.32. The van der Waals surface area contributed by atoms with E-state index < -0.39 is 0 Å². The molecule has 114 valence electrons. The molecule has 3 heterocycles. The maximum Gasteiger partial charge on any atom is 0.164 e. The van der Waals surface area contributed by atoms with Crippen molar-refractivity contribution in [2.45, 2.75) is 44.4 Å². The molecule has 4 rings (SSSR count). The average molecular weight is 289 g/mol. The summed E-state index contributed by atoms with van der Waals surface area (Å²) in [6.07, 6.45) is 6.28. The number of fused-ring (bicyclic) bond motifs is 2. The van der Waals surface area contributed by atoms with Gasteiger partial charge in [0, 0.05) is 29.2 Å². The molecule has 2 N–H and O–H groups in total. The van der Waals surface area contributed by atoms with Crippen LogP contribution in [0, 0.1) is 0 Å². The number of phenolic OH excluding ortho intramolecular Hbond substituents is 1. The first kappa shape index (κ1) is 13.3. The topological polar surface area (TPSA) is 50.7 Å². The largest absolute Gasteiger partial charge is 0.504 e. The van der Waals surface area contributed by atoms with Crippen molar-refractivity contribution in [2.75, 3.05) is 26.3 Å². The van der Waals surface area contributed by atoms with Crippen molar-refractivity contribution < 1.29 is 14.6 Å². The van der Waals surface area contributed by atoms with Crippen molar-refractivity contribution in [2.24, 2.45) is 0 Å². The molecule has 0 spiro atoms. The summed E-state index contributed by atoms with van der Waals surface area (Å²) < 4.78 is 11.8. The summed E-state index contributed by atoms with van der Waals surface area (Å²) in [5.41, 5.74) is 3.50. The second kappa shape index (κ2) is 5.41. The molecule has 4 nitrogen and oxygen atoms in total. The van der Waals surface area contributed by atoms with E-state index in [1.165, 1.54) is 24.0 Å². The Bertz CT molecular complexity index is 512. The van der Waals surface area contributed by atoms with E-state index in [0.29, 0.717) is 18.3 Å². The molecule has 0 aromatic heterocycles. The smallest absolute Gasteiger partial charge is 0.164 e. The van der Waals surface area contributed by atoms with Gasteiger partial charge in [-0.05, 0) is 45.1 Å². The molecule has 4 heteroatoms. The van der Waals surface area contributed by atoms with Gasteiger partial charge in [0.15, 0.2) is 11.5 Å². The Balaban J connectivity index is 1.89. The minimum Gasteiger partial charge on any atom is -0.504 e. The molecule has 1 unspecified atom stereocenters. The van der Waals surface area contributed by atoms with Gasteiger partial charge in [-0.15, -0.1) is 0 Å². The average Bonchev–Trinajstić information content (AvgIpc) is 2.56. The van der Waals surface area contributed by atoms with Gasteiger partial charge in [0.25, 0.3) is 0 Å². The zero-order valence-corrected chi connectivity index (χ0v) is 12.4. The molecule has 1 fully saturated rings. The Morgan fingerprint density at radius 3 is 2.48 bits per heavy atom. The first-order valence-electron chi connectivity index (χ1n) is 8.23. The first-order chi connectivity index (χ1) is 10.4. The van der Waals surface area contributed by atoms with Crippen molar-refractivity contribution in [3.05, 3.63) is 16.7 Å². The SMILES string of the molecule is Oc1c2c(c(C3CCCNC3)c3c1OCCC3)OCCC2. The standard InChI is InChI=1S/C17H23NO3/c19-15-13-6-3-8-20-16(13)14(11-4-1-7-18-10-11)12-5-2-9-21-17(12)15/h11,18-19H,1-10H2. The van der Waals surface area contributed by atoms with Gasteiger partial charge in [-0.1, -0.05) is 0 Å². The Morgan fingerprint density at radius 2 is 1.71 bits per heavy atom. The van der Waals surface area contributed by atoms with E-state index in [9.17, 15) is 5.11 Å². The van der Waals surface area contributed by atoms with E-state index in [-0.39, 0.29) is 0 Å². The third-order valence-corrected chi connectivity index (χ3v) is 4.96. The summed E-state index contributed by atoms with van der Waals surface area (Å²) in [7, 11) is 0. The van der Waals surface area contributed by atoms with E-state index in [2.05, 4.69) is 5.32 Å². The van der Waals surface area contributed by atoms with Crippen LogP contribution in [0.15, 0.2) is 0 Å². The van der Waals surface area contributed by atoms with Gasteiger partial charge < -0.3 is 19.9 Å². The molecular formula is C17H23NO3. The van der Waals surface area contributed by atoms with Crippen LogP contribution in [0.1, 0.15) is 48.3 Å². The molecule has 0 bridgehead atoms. The summed E-state index contributed by atoms with van der Waals surface area (Å²) in [5.74, 6) is 2.54. The molecule has 0 aliphatic carbocycles. The van der Waals surface area contributed by atoms with E-state index in [0.717, 1.165) is 62.4 Å². The van der Waals surface area contributed by atoms with Gasteiger partial charge in [0.2, 0.25) is 0 Å². The third kappa shape index (κ3) is 2.16. The molecule has 1 saturated heterocycles. The molecule has 1 atom stereocenters. The monoisotopic (exact) mass is 289 g/mol. The molecule has 21 heavy (non-hydrogen) atoms. The summed E-state index contributed by atoms with van der Waals surface area (Å²) in [4.78, 5) is 0. The summed E-state index contributed by atoms with van der Waals surface area (Å²) in [6, 6.07) is 0. The number of rotatable bonds is 1. The van der Waals surface area contributed by atoms with Crippen molar-refractivity contribution in [3.8, 4) is 17.2 Å². The van der Waals surface area contributed by atoms with Crippen LogP contribution in [0.2, 0.25) is 0 Å². The number of hydrogen-bond donors (Lipinski definition) is 2. The van der Waals surface area contributed by atoms with E-state index in [1.807, 2.05) is 0 Å². The summed E-state index contributed by atoms with van der Waals surface area (Å²) in [6.45, 7) is 3.59. The number of ether oxygens (including phenoxy) is 2. The maximum absolute atomic E-state index is 10.6. The molecular weight excluding hydrogens is 266 g/mol. The number of piperidine rings is 1. The van der Waals surface area contributed by atoms with Gasteiger partial charge >= 0.3 is 0 Å². The normalized spacial score (nSPS) is 24.5. The Kier molecular flexibility index (Phi) is 3.42. The van der Waals surface area contributed by atoms with Crippen LogP contribution in [-0.2, 0) is 12.8 Å². The predicted octanol–water partition coefficient (Wildman–Crippen LogP) is 2.51. The first-order valence-corrected chi connectivity index (χ1v) is 8.23. The Hall–Kier alpha value is -1.42. The number of benzene rings is 1. The zero-order valence-electron chi connectivity index (χ0n) is 12.4. The molecule has 3 aliphatic heterocycles. The highest BCUT2D eigenvalue weighted by atomic mass is 16.5. The van der Waals surface area contributed by atoms with E-state index >= 15 is 0 Å². The van der Waals surface area contributed by atoms with E-state index in [4.69, 9.17) is 9.47 Å². The van der Waals surface area contributed by atoms with Crippen LogP contribution < -0.4 is 14.8 Å². The molecule has 0 amide bonds. The van der Waals surface area contributed by atoms with Crippen LogP contribution >= 0.6 is 0 Å². The molecule has 0 radical (unpaired) electrons. The van der Waals surface area contributed by atoms with Gasteiger partial charge in [-0.3, -0.25) is 0 Å². The quantitative estimate of drug-likeness (QED) is 0.834. The van der Waals surface area contributed by atoms with Crippen molar-refractivity contribution in [1.82, 2.24) is 5.32 Å². The number of phenols is 1. The highest BCUT2D eigenvalue weighted by Crippen LogP contribution is 2.50. The van der Waals surface area contributed by atoms with Gasteiger partial charge in [0.05, 0.1) is 13.2 Å². The van der Waals surface area contributed by atoms with Crippen molar-refractivity contribution in [3.63, 3.8) is 0 Å². The van der Waals surface area contributed by atoms with Crippen LogP contribution in [-0.4, -0.2) is 31.4 Å². The lowest BCUT2D eigenvalue weighted by Gasteiger charge is -2.33. The Labute approximate surface area is 125 Å².